The van der Waals surface area contributed by atoms with Crippen molar-refractivity contribution in [3.8, 4) is 17.2 Å². The van der Waals surface area contributed by atoms with E-state index < -0.39 is 17.7 Å². The van der Waals surface area contributed by atoms with Crippen molar-refractivity contribution in [2.45, 2.75) is 32.4 Å². The zero-order valence-corrected chi connectivity index (χ0v) is 20.4. The fraction of sp³-hybridized carbons (Fsp3) is 0.241. The first-order valence-electron chi connectivity index (χ1n) is 11.8. The Bertz CT molecular complexity index is 1360. The summed E-state index contributed by atoms with van der Waals surface area (Å²) in [6.07, 6.45) is 0.717. The van der Waals surface area contributed by atoms with E-state index in [0.717, 1.165) is 17.7 Å². The first kappa shape index (κ1) is 23.5. The lowest BCUT2D eigenvalue weighted by atomic mass is 9.94. The van der Waals surface area contributed by atoms with Crippen molar-refractivity contribution in [1.29, 1.82) is 0 Å². The Morgan fingerprint density at radius 1 is 1.03 bits per heavy atom. The third kappa shape index (κ3) is 4.17. The van der Waals surface area contributed by atoms with Gasteiger partial charge in [0.05, 0.1) is 31.4 Å². The molecule has 0 radical (unpaired) electrons. The van der Waals surface area contributed by atoms with Gasteiger partial charge in [0.25, 0.3) is 11.7 Å². The molecule has 1 N–H and O–H groups in total. The molecule has 0 saturated carbocycles. The molecule has 36 heavy (non-hydrogen) atoms. The lowest BCUT2D eigenvalue weighted by molar-refractivity contribution is -0.132. The molecule has 2 aliphatic rings. The van der Waals surface area contributed by atoms with Crippen molar-refractivity contribution in [2.75, 3.05) is 18.6 Å². The molecule has 1 unspecified atom stereocenters. The van der Waals surface area contributed by atoms with Crippen molar-refractivity contribution >= 4 is 23.1 Å². The van der Waals surface area contributed by atoms with E-state index in [0.29, 0.717) is 34.9 Å². The third-order valence-corrected chi connectivity index (χ3v) is 6.30. The van der Waals surface area contributed by atoms with Gasteiger partial charge in [0, 0.05) is 17.7 Å². The first-order valence-corrected chi connectivity index (χ1v) is 11.8. The van der Waals surface area contributed by atoms with E-state index in [2.05, 4.69) is 0 Å². The van der Waals surface area contributed by atoms with Crippen molar-refractivity contribution in [2.24, 2.45) is 0 Å². The second-order valence-corrected chi connectivity index (χ2v) is 9.03. The summed E-state index contributed by atoms with van der Waals surface area (Å²) in [5, 5.41) is 11.4. The highest BCUT2D eigenvalue weighted by Crippen LogP contribution is 2.43. The molecule has 7 nitrogen and oxygen atoms in total. The van der Waals surface area contributed by atoms with Crippen LogP contribution in [-0.2, 0) is 16.0 Å². The summed E-state index contributed by atoms with van der Waals surface area (Å²) in [5.74, 6) is 0.307. The summed E-state index contributed by atoms with van der Waals surface area (Å²) in [4.78, 5) is 28.2. The molecular weight excluding hydrogens is 458 g/mol. The van der Waals surface area contributed by atoms with Crippen LogP contribution in [0.3, 0.4) is 0 Å². The number of nitrogens with zero attached hydrogens (tertiary/aromatic N) is 1. The van der Waals surface area contributed by atoms with E-state index in [1.165, 1.54) is 4.90 Å². The minimum atomic E-state index is -0.846. The number of rotatable bonds is 6. The number of hydrogen-bond donors (Lipinski definition) is 1. The summed E-state index contributed by atoms with van der Waals surface area (Å²) in [7, 11) is 1.55. The summed E-state index contributed by atoms with van der Waals surface area (Å²) >= 11 is 0. The van der Waals surface area contributed by atoms with Crippen LogP contribution in [0.4, 0.5) is 5.69 Å². The van der Waals surface area contributed by atoms with Crippen LogP contribution in [0, 0.1) is 0 Å². The number of methoxy groups -OCH3 is 1. The van der Waals surface area contributed by atoms with Gasteiger partial charge in [-0.2, -0.15) is 0 Å². The number of amides is 1. The summed E-state index contributed by atoms with van der Waals surface area (Å²) in [6.45, 7) is 4.44. The minimum Gasteiger partial charge on any atom is -0.507 e. The number of fused-ring (bicyclic) bond motifs is 1. The molecule has 0 bridgehead atoms. The number of Topliss-reactive ketones (excluding diaryl/α,β-unsaturated/α-hetero) is 1. The standard InChI is InChI=1S/C29H27NO6/c1-17(2)36-22-10-8-21(9-11-22)30-26(19-5-4-6-23(16-19)34-3)25(28(32)29(30)33)27(31)20-7-12-24-18(15-20)13-14-35-24/h4-12,15-17,26,31H,13-14H2,1-3H3/b27-25-. The number of carbonyl (C=O) groups is 2. The van der Waals surface area contributed by atoms with Crippen molar-refractivity contribution in [3.05, 3.63) is 89.0 Å². The lowest BCUT2D eigenvalue weighted by Gasteiger charge is -2.26. The average molecular weight is 486 g/mol. The van der Waals surface area contributed by atoms with Gasteiger partial charge in [0.2, 0.25) is 0 Å². The molecule has 0 aromatic heterocycles. The molecule has 1 amide bonds. The zero-order chi connectivity index (χ0) is 25.4. The summed E-state index contributed by atoms with van der Waals surface area (Å²) < 4.78 is 16.7. The Morgan fingerprint density at radius 3 is 2.53 bits per heavy atom. The highest BCUT2D eigenvalue weighted by molar-refractivity contribution is 6.51. The van der Waals surface area contributed by atoms with Crippen molar-refractivity contribution in [3.63, 3.8) is 0 Å². The summed E-state index contributed by atoms with van der Waals surface area (Å²) in [5.41, 5.74) is 2.59. The predicted octanol–water partition coefficient (Wildman–Crippen LogP) is 5.04. The van der Waals surface area contributed by atoms with Gasteiger partial charge in [-0.05, 0) is 79.6 Å². The van der Waals surface area contributed by atoms with Crippen LogP contribution in [0.2, 0.25) is 0 Å². The minimum absolute atomic E-state index is 0.000387. The fourth-order valence-corrected chi connectivity index (χ4v) is 4.67. The van der Waals surface area contributed by atoms with Crippen LogP contribution in [0.15, 0.2) is 72.3 Å². The Morgan fingerprint density at radius 2 is 1.81 bits per heavy atom. The van der Waals surface area contributed by atoms with E-state index >= 15 is 0 Å². The first-order chi connectivity index (χ1) is 17.4. The highest BCUT2D eigenvalue weighted by atomic mass is 16.5. The van der Waals surface area contributed by atoms with E-state index in [1.54, 1.807) is 61.7 Å². The molecule has 3 aromatic carbocycles. The van der Waals surface area contributed by atoms with E-state index in [9.17, 15) is 14.7 Å². The van der Waals surface area contributed by atoms with E-state index in [-0.39, 0.29) is 17.4 Å². The normalized spacial score (nSPS) is 18.3. The van der Waals surface area contributed by atoms with Gasteiger partial charge < -0.3 is 19.3 Å². The number of ketones is 1. The van der Waals surface area contributed by atoms with Gasteiger partial charge >= 0.3 is 0 Å². The third-order valence-electron chi connectivity index (χ3n) is 6.30. The largest absolute Gasteiger partial charge is 0.507 e. The molecule has 2 aliphatic heterocycles. The molecule has 3 aromatic rings. The topological polar surface area (TPSA) is 85.3 Å². The average Bonchev–Trinajstić information content (AvgIpc) is 3.46. The van der Waals surface area contributed by atoms with E-state index in [4.69, 9.17) is 14.2 Å². The highest BCUT2D eigenvalue weighted by Gasteiger charge is 2.47. The van der Waals surface area contributed by atoms with Crippen LogP contribution < -0.4 is 19.1 Å². The fourth-order valence-electron chi connectivity index (χ4n) is 4.67. The Hall–Kier alpha value is -4.26. The smallest absolute Gasteiger partial charge is 0.300 e. The van der Waals surface area contributed by atoms with Gasteiger partial charge in [0.15, 0.2) is 0 Å². The van der Waals surface area contributed by atoms with Crippen LogP contribution in [0.1, 0.15) is 36.6 Å². The van der Waals surface area contributed by atoms with Gasteiger partial charge in [0.1, 0.15) is 23.0 Å². The molecule has 1 saturated heterocycles. The zero-order valence-electron chi connectivity index (χ0n) is 20.4. The number of benzene rings is 3. The maximum Gasteiger partial charge on any atom is 0.300 e. The van der Waals surface area contributed by atoms with E-state index in [1.807, 2.05) is 26.0 Å². The molecule has 7 heteroatoms. The number of aliphatic hydroxyl groups excluding tert-OH is 1. The van der Waals surface area contributed by atoms with Gasteiger partial charge in [-0.1, -0.05) is 12.1 Å². The molecule has 2 heterocycles. The SMILES string of the molecule is COc1cccc(C2/C(=C(/O)c3ccc4c(c3)CCO4)C(=O)C(=O)N2c2ccc(OC(C)C)cc2)c1. The summed E-state index contributed by atoms with van der Waals surface area (Å²) in [6, 6.07) is 18.6. The maximum absolute atomic E-state index is 13.4. The van der Waals surface area contributed by atoms with Gasteiger partial charge in [-0.3, -0.25) is 14.5 Å². The molecule has 1 atom stereocenters. The van der Waals surface area contributed by atoms with Gasteiger partial charge in [-0.25, -0.2) is 0 Å². The molecule has 0 spiro atoms. The number of carbonyl (C=O) groups excluding carboxylic acids is 2. The van der Waals surface area contributed by atoms with Crippen LogP contribution >= 0.6 is 0 Å². The quantitative estimate of drug-likeness (QED) is 0.299. The Kier molecular flexibility index (Phi) is 6.14. The van der Waals surface area contributed by atoms with Crippen molar-refractivity contribution in [1.82, 2.24) is 0 Å². The molecule has 184 valence electrons. The molecule has 5 rings (SSSR count). The Balaban J connectivity index is 1.65. The molecule has 1 fully saturated rings. The van der Waals surface area contributed by atoms with Crippen LogP contribution in [-0.4, -0.2) is 36.6 Å². The van der Waals surface area contributed by atoms with Gasteiger partial charge in [-0.15, -0.1) is 0 Å². The second-order valence-electron chi connectivity index (χ2n) is 9.03. The monoisotopic (exact) mass is 485 g/mol. The second kappa shape index (κ2) is 9.41. The van der Waals surface area contributed by atoms with Crippen molar-refractivity contribution < 1.29 is 28.9 Å². The number of anilines is 1. The number of aliphatic hydroxyl groups is 1. The Labute approximate surface area is 209 Å². The van der Waals surface area contributed by atoms with Crippen LogP contribution in [0.5, 0.6) is 17.2 Å². The maximum atomic E-state index is 13.4. The predicted molar refractivity (Wildman–Crippen MR) is 136 cm³/mol. The number of hydrogen-bond acceptors (Lipinski definition) is 6. The molecule has 0 aliphatic carbocycles. The molecular formula is C29H27NO6. The number of ether oxygens (including phenoxy) is 3. The lowest BCUT2D eigenvalue weighted by Crippen LogP contribution is -2.29. The van der Waals surface area contributed by atoms with Crippen LogP contribution in [0.25, 0.3) is 5.76 Å².